The van der Waals surface area contributed by atoms with Gasteiger partial charge in [0.1, 0.15) is 0 Å². The summed E-state index contributed by atoms with van der Waals surface area (Å²) in [5.41, 5.74) is -0.462. The maximum Gasteiger partial charge on any atom is 0.310 e. The first-order valence-electron chi connectivity index (χ1n) is 7.73. The summed E-state index contributed by atoms with van der Waals surface area (Å²) in [5, 5.41) is 9.64. The minimum Gasteiger partial charge on any atom is -0.481 e. The molecule has 0 spiro atoms. The first-order valence-corrected chi connectivity index (χ1v) is 7.73. The highest BCUT2D eigenvalue weighted by atomic mass is 16.4. The summed E-state index contributed by atoms with van der Waals surface area (Å²) in [6.45, 7) is 6.24. The molecule has 2 rings (SSSR count). The van der Waals surface area contributed by atoms with Gasteiger partial charge in [-0.3, -0.25) is 9.69 Å². The molecule has 1 aliphatic carbocycles. The van der Waals surface area contributed by atoms with Gasteiger partial charge in [0, 0.05) is 19.1 Å². The molecule has 1 aliphatic heterocycles. The maximum absolute atomic E-state index is 11.7. The molecule has 0 aromatic carbocycles. The Morgan fingerprint density at radius 1 is 1.26 bits per heavy atom. The molecule has 110 valence electrons. The lowest BCUT2D eigenvalue weighted by atomic mass is 9.85. The van der Waals surface area contributed by atoms with Crippen molar-refractivity contribution in [2.24, 2.45) is 5.41 Å². The second-order valence-electron chi connectivity index (χ2n) is 6.44. The van der Waals surface area contributed by atoms with E-state index in [0.29, 0.717) is 6.04 Å². The highest BCUT2D eigenvalue weighted by Gasteiger charge is 2.43. The molecule has 2 fully saturated rings. The molecule has 0 aromatic heterocycles. The van der Waals surface area contributed by atoms with E-state index in [-0.39, 0.29) is 0 Å². The van der Waals surface area contributed by atoms with Gasteiger partial charge in [-0.1, -0.05) is 19.8 Å². The van der Waals surface area contributed by atoms with Crippen molar-refractivity contribution in [2.75, 3.05) is 33.2 Å². The first kappa shape index (κ1) is 14.8. The SMILES string of the molecule is CCC1CN(C)CCCN1CC1(C(=O)O)CCCC1. The van der Waals surface area contributed by atoms with E-state index in [4.69, 9.17) is 0 Å². The fourth-order valence-electron chi connectivity index (χ4n) is 3.77. The quantitative estimate of drug-likeness (QED) is 0.847. The van der Waals surface area contributed by atoms with E-state index in [1.165, 1.54) is 0 Å². The van der Waals surface area contributed by atoms with E-state index >= 15 is 0 Å². The molecule has 0 bridgehead atoms. The molecule has 0 radical (unpaired) electrons. The fourth-order valence-corrected chi connectivity index (χ4v) is 3.77. The lowest BCUT2D eigenvalue weighted by Gasteiger charge is -2.36. The molecule has 19 heavy (non-hydrogen) atoms. The zero-order valence-corrected chi connectivity index (χ0v) is 12.4. The van der Waals surface area contributed by atoms with Crippen LogP contribution in [0.25, 0.3) is 0 Å². The summed E-state index contributed by atoms with van der Waals surface area (Å²) >= 11 is 0. The number of likely N-dealkylation sites (N-methyl/N-ethyl adjacent to an activating group) is 1. The number of hydrogen-bond acceptors (Lipinski definition) is 3. The Morgan fingerprint density at radius 3 is 2.53 bits per heavy atom. The minimum atomic E-state index is -0.572. The predicted molar refractivity (Wildman–Crippen MR) is 76.3 cm³/mol. The molecule has 1 saturated heterocycles. The molecular weight excluding hydrogens is 240 g/mol. The van der Waals surface area contributed by atoms with Crippen LogP contribution >= 0.6 is 0 Å². The molecule has 1 N–H and O–H groups in total. The maximum atomic E-state index is 11.7. The summed E-state index contributed by atoms with van der Waals surface area (Å²) in [5.74, 6) is -0.572. The van der Waals surface area contributed by atoms with Gasteiger partial charge < -0.3 is 10.0 Å². The van der Waals surface area contributed by atoms with E-state index in [9.17, 15) is 9.90 Å². The van der Waals surface area contributed by atoms with Gasteiger partial charge in [0.15, 0.2) is 0 Å². The Kier molecular flexibility index (Phi) is 4.85. The third-order valence-corrected chi connectivity index (χ3v) is 5.02. The molecule has 4 heteroatoms. The second-order valence-corrected chi connectivity index (χ2v) is 6.44. The average Bonchev–Trinajstić information content (AvgIpc) is 2.77. The normalized spacial score (nSPS) is 29.3. The van der Waals surface area contributed by atoms with Crippen LogP contribution in [0.1, 0.15) is 45.4 Å². The summed E-state index contributed by atoms with van der Waals surface area (Å²) in [6, 6.07) is 0.518. The van der Waals surface area contributed by atoms with Crippen LogP contribution in [0.4, 0.5) is 0 Å². The Bertz CT molecular complexity index is 313. The third-order valence-electron chi connectivity index (χ3n) is 5.02. The van der Waals surface area contributed by atoms with Crippen molar-refractivity contribution in [1.82, 2.24) is 9.80 Å². The van der Waals surface area contributed by atoms with Crippen molar-refractivity contribution in [3.05, 3.63) is 0 Å². The minimum absolute atomic E-state index is 0.462. The molecule has 4 nitrogen and oxygen atoms in total. The first-order chi connectivity index (χ1) is 9.07. The lowest BCUT2D eigenvalue weighted by Crippen LogP contribution is -2.47. The summed E-state index contributed by atoms with van der Waals surface area (Å²) in [6.07, 6.45) is 6.16. The van der Waals surface area contributed by atoms with Gasteiger partial charge >= 0.3 is 5.97 Å². The molecule has 2 aliphatic rings. The van der Waals surface area contributed by atoms with Gasteiger partial charge in [0.25, 0.3) is 0 Å². The zero-order chi connectivity index (χ0) is 13.9. The van der Waals surface area contributed by atoms with Gasteiger partial charge in [-0.05, 0) is 45.8 Å². The number of aliphatic carboxylic acids is 1. The van der Waals surface area contributed by atoms with Gasteiger partial charge in [-0.25, -0.2) is 0 Å². The molecule has 1 unspecified atom stereocenters. The van der Waals surface area contributed by atoms with Crippen LogP contribution in [0.5, 0.6) is 0 Å². The average molecular weight is 268 g/mol. The van der Waals surface area contributed by atoms with Crippen molar-refractivity contribution in [2.45, 2.75) is 51.5 Å². The number of carboxylic acids is 1. The summed E-state index contributed by atoms with van der Waals surface area (Å²) in [4.78, 5) is 16.6. The fraction of sp³-hybridized carbons (Fsp3) is 0.933. The molecular formula is C15H28N2O2. The lowest BCUT2D eigenvalue weighted by molar-refractivity contribution is -0.150. The Balaban J connectivity index is 2.08. The van der Waals surface area contributed by atoms with Crippen LogP contribution in [0.15, 0.2) is 0 Å². The Labute approximate surface area is 116 Å². The monoisotopic (exact) mass is 268 g/mol. The summed E-state index contributed by atoms with van der Waals surface area (Å²) < 4.78 is 0. The highest BCUT2D eigenvalue weighted by molar-refractivity contribution is 5.75. The number of nitrogens with zero attached hydrogens (tertiary/aromatic N) is 2. The number of carbonyl (C=O) groups is 1. The molecule has 0 amide bonds. The molecule has 1 saturated carbocycles. The van der Waals surface area contributed by atoms with Crippen LogP contribution in [0.2, 0.25) is 0 Å². The van der Waals surface area contributed by atoms with Crippen LogP contribution < -0.4 is 0 Å². The number of rotatable bonds is 4. The molecule has 0 aromatic rings. The van der Waals surface area contributed by atoms with Crippen molar-refractivity contribution >= 4 is 5.97 Å². The number of hydrogen-bond donors (Lipinski definition) is 1. The Morgan fingerprint density at radius 2 is 1.95 bits per heavy atom. The van der Waals surface area contributed by atoms with Crippen molar-refractivity contribution in [3.8, 4) is 0 Å². The summed E-state index contributed by atoms with van der Waals surface area (Å²) in [7, 11) is 2.18. The van der Waals surface area contributed by atoms with Crippen molar-refractivity contribution in [1.29, 1.82) is 0 Å². The van der Waals surface area contributed by atoms with Crippen LogP contribution in [0.3, 0.4) is 0 Å². The molecule has 1 atom stereocenters. The van der Waals surface area contributed by atoms with E-state index < -0.39 is 11.4 Å². The van der Waals surface area contributed by atoms with E-state index in [2.05, 4.69) is 23.8 Å². The van der Waals surface area contributed by atoms with Crippen molar-refractivity contribution < 1.29 is 9.90 Å². The van der Waals surface area contributed by atoms with E-state index in [0.717, 1.165) is 64.7 Å². The van der Waals surface area contributed by atoms with Crippen molar-refractivity contribution in [3.63, 3.8) is 0 Å². The van der Waals surface area contributed by atoms with Crippen LogP contribution in [-0.2, 0) is 4.79 Å². The predicted octanol–water partition coefficient (Wildman–Crippen LogP) is 2.05. The van der Waals surface area contributed by atoms with E-state index in [1.54, 1.807) is 0 Å². The number of carboxylic acid groups (broad SMARTS) is 1. The largest absolute Gasteiger partial charge is 0.481 e. The van der Waals surface area contributed by atoms with Gasteiger partial charge in [0.05, 0.1) is 5.41 Å². The molecule has 1 heterocycles. The smallest absolute Gasteiger partial charge is 0.310 e. The topological polar surface area (TPSA) is 43.8 Å². The van der Waals surface area contributed by atoms with Gasteiger partial charge in [-0.15, -0.1) is 0 Å². The standard InChI is InChI=1S/C15H28N2O2/c1-3-13-11-16(2)9-6-10-17(13)12-15(14(18)19)7-4-5-8-15/h13H,3-12H2,1-2H3,(H,18,19). The highest BCUT2D eigenvalue weighted by Crippen LogP contribution is 2.39. The zero-order valence-electron chi connectivity index (χ0n) is 12.4. The Hall–Kier alpha value is -0.610. The van der Waals surface area contributed by atoms with Gasteiger partial charge in [-0.2, -0.15) is 0 Å². The van der Waals surface area contributed by atoms with Crippen LogP contribution in [-0.4, -0.2) is 60.1 Å². The third kappa shape index (κ3) is 3.29. The van der Waals surface area contributed by atoms with E-state index in [1.807, 2.05) is 0 Å². The van der Waals surface area contributed by atoms with Crippen LogP contribution in [0, 0.1) is 5.41 Å². The van der Waals surface area contributed by atoms with Gasteiger partial charge in [0.2, 0.25) is 0 Å². The second kappa shape index (κ2) is 6.23.